The summed E-state index contributed by atoms with van der Waals surface area (Å²) in [5.41, 5.74) is -1.45. The zero-order chi connectivity index (χ0) is 25.0. The summed E-state index contributed by atoms with van der Waals surface area (Å²) in [6, 6.07) is 9.95. The van der Waals surface area contributed by atoms with Gasteiger partial charge in [-0.1, -0.05) is 18.2 Å². The van der Waals surface area contributed by atoms with E-state index < -0.39 is 38.6 Å². The number of halogens is 3. The molecule has 35 heavy (non-hydrogen) atoms. The van der Waals surface area contributed by atoms with Gasteiger partial charge in [0.15, 0.2) is 5.03 Å². The Kier molecular flexibility index (Phi) is 5.48. The van der Waals surface area contributed by atoms with E-state index in [2.05, 4.69) is 15.3 Å². The first-order valence-corrected chi connectivity index (χ1v) is 12.3. The topological polar surface area (TPSA) is 97.2 Å². The van der Waals surface area contributed by atoms with Crippen LogP contribution < -0.4 is 5.32 Å². The highest BCUT2D eigenvalue weighted by Gasteiger charge is 2.70. The van der Waals surface area contributed by atoms with Gasteiger partial charge in [-0.25, -0.2) is 13.4 Å². The van der Waals surface area contributed by atoms with Gasteiger partial charge < -0.3 is 9.88 Å². The molecular formula is C23H22F3N5O3S. The molecule has 2 aromatic heterocycles. The molecule has 0 radical (unpaired) electrons. The normalized spacial score (nSPS) is 24.2. The molecule has 12 heteroatoms. The highest BCUT2D eigenvalue weighted by molar-refractivity contribution is 7.89. The van der Waals surface area contributed by atoms with Gasteiger partial charge in [-0.2, -0.15) is 17.5 Å². The molecule has 0 spiro atoms. The molecular weight excluding hydrogens is 483 g/mol. The molecule has 1 saturated carbocycles. The molecule has 1 saturated heterocycles. The lowest BCUT2D eigenvalue weighted by Crippen LogP contribution is -2.41. The molecule has 1 aliphatic heterocycles. The van der Waals surface area contributed by atoms with Gasteiger partial charge >= 0.3 is 6.18 Å². The summed E-state index contributed by atoms with van der Waals surface area (Å²) in [5.74, 6) is -1.13. The Morgan fingerprint density at radius 3 is 2.40 bits per heavy atom. The third-order valence-electron chi connectivity index (χ3n) is 6.95. The first-order valence-electron chi connectivity index (χ1n) is 10.9. The fraction of sp³-hybridized carbons (Fsp3) is 0.348. The standard InChI is InChI=1S/C23H22F3N5O3S/c1-30-12-20(29-14-30)35(33,34)31-10-17-18(11-31)22(17,19-8-4-5-9-27-19)13-28-21(32)15-6-2-3-7-16(15)23(24,25)26/h2-9,12,14,17-18H,10-11,13H2,1H3,(H,28,32)/t17-,18+,22?. The molecule has 3 atom stereocenters. The van der Waals surface area contributed by atoms with Crippen molar-refractivity contribution in [2.75, 3.05) is 19.6 Å². The maximum Gasteiger partial charge on any atom is 0.417 e. The van der Waals surface area contributed by atoms with Crippen LogP contribution in [-0.2, 0) is 28.7 Å². The summed E-state index contributed by atoms with van der Waals surface area (Å²) in [5, 5.41) is 2.63. The minimum absolute atomic E-state index is 0.0400. The van der Waals surface area contributed by atoms with Crippen molar-refractivity contribution in [3.8, 4) is 0 Å². The van der Waals surface area contributed by atoms with Crippen LogP contribution in [0.3, 0.4) is 0 Å². The van der Waals surface area contributed by atoms with Gasteiger partial charge in [0.25, 0.3) is 15.9 Å². The van der Waals surface area contributed by atoms with Crippen molar-refractivity contribution in [2.24, 2.45) is 18.9 Å². The second-order valence-electron chi connectivity index (χ2n) is 8.89. The lowest BCUT2D eigenvalue weighted by Gasteiger charge is -2.26. The third kappa shape index (κ3) is 3.90. The predicted molar refractivity (Wildman–Crippen MR) is 119 cm³/mol. The second-order valence-corrected chi connectivity index (χ2v) is 10.8. The molecule has 5 rings (SSSR count). The summed E-state index contributed by atoms with van der Waals surface area (Å²) in [7, 11) is -2.10. The molecule has 184 valence electrons. The van der Waals surface area contributed by atoms with E-state index in [4.69, 9.17) is 0 Å². The Morgan fingerprint density at radius 2 is 1.80 bits per heavy atom. The molecule has 0 bridgehead atoms. The summed E-state index contributed by atoms with van der Waals surface area (Å²) in [6.07, 6.45) is -0.211. The summed E-state index contributed by atoms with van der Waals surface area (Å²) < 4.78 is 69.1. The van der Waals surface area contributed by atoms with Crippen molar-refractivity contribution < 1.29 is 26.4 Å². The maximum atomic E-state index is 13.4. The van der Waals surface area contributed by atoms with Crippen LogP contribution in [0.4, 0.5) is 13.2 Å². The van der Waals surface area contributed by atoms with Crippen molar-refractivity contribution >= 4 is 15.9 Å². The number of aryl methyl sites for hydroxylation is 1. The van der Waals surface area contributed by atoms with Gasteiger partial charge in [0.1, 0.15) is 0 Å². The number of amides is 1. The van der Waals surface area contributed by atoms with Crippen LogP contribution >= 0.6 is 0 Å². The van der Waals surface area contributed by atoms with Crippen LogP contribution in [0, 0.1) is 11.8 Å². The number of carbonyl (C=O) groups excluding carboxylic acids is 1. The quantitative estimate of drug-likeness (QED) is 0.555. The van der Waals surface area contributed by atoms with Crippen molar-refractivity contribution in [3.63, 3.8) is 0 Å². The first kappa shape index (κ1) is 23.5. The number of fused-ring (bicyclic) bond motifs is 1. The van der Waals surface area contributed by atoms with Crippen LogP contribution in [0.2, 0.25) is 0 Å². The fourth-order valence-corrected chi connectivity index (χ4v) is 6.63. The molecule has 2 fully saturated rings. The minimum atomic E-state index is -4.66. The van der Waals surface area contributed by atoms with Crippen LogP contribution in [0.5, 0.6) is 0 Å². The van der Waals surface area contributed by atoms with Crippen LogP contribution in [0.1, 0.15) is 21.6 Å². The SMILES string of the molecule is Cn1cnc(S(=O)(=O)N2C[C@@H]3[C@H](C2)C3(CNC(=O)c2ccccc2C(F)(F)F)c2ccccn2)c1. The van der Waals surface area contributed by atoms with E-state index in [0.29, 0.717) is 5.69 Å². The predicted octanol–water partition coefficient (Wildman–Crippen LogP) is 2.45. The number of aromatic nitrogens is 3. The number of benzene rings is 1. The second kappa shape index (κ2) is 8.16. The van der Waals surface area contributed by atoms with Crippen molar-refractivity contribution in [2.45, 2.75) is 16.6 Å². The highest BCUT2D eigenvalue weighted by atomic mass is 32.2. The number of carbonyl (C=O) groups is 1. The molecule has 2 aliphatic rings. The number of sulfonamides is 1. The first-order chi connectivity index (χ1) is 16.5. The van der Waals surface area contributed by atoms with Gasteiger partial charge in [0.2, 0.25) is 0 Å². The number of pyridine rings is 1. The number of hydrogen-bond donors (Lipinski definition) is 1. The summed E-state index contributed by atoms with van der Waals surface area (Å²) in [6.45, 7) is 0.451. The van der Waals surface area contributed by atoms with Gasteiger partial charge in [-0.3, -0.25) is 9.78 Å². The Balaban J connectivity index is 1.38. The monoisotopic (exact) mass is 505 g/mol. The minimum Gasteiger partial charge on any atom is -0.351 e. The van der Waals surface area contributed by atoms with E-state index in [1.807, 2.05) is 0 Å². The molecule has 1 unspecified atom stereocenters. The number of alkyl halides is 3. The number of nitrogens with zero attached hydrogens (tertiary/aromatic N) is 4. The zero-order valence-electron chi connectivity index (χ0n) is 18.6. The third-order valence-corrected chi connectivity index (χ3v) is 8.66. The van der Waals surface area contributed by atoms with Crippen molar-refractivity contribution in [3.05, 3.63) is 78.0 Å². The van der Waals surface area contributed by atoms with E-state index in [1.54, 1.807) is 36.0 Å². The Bertz CT molecular complexity index is 1360. The summed E-state index contributed by atoms with van der Waals surface area (Å²) in [4.78, 5) is 21.2. The molecule has 1 aliphatic carbocycles. The summed E-state index contributed by atoms with van der Waals surface area (Å²) >= 11 is 0. The Morgan fingerprint density at radius 1 is 1.11 bits per heavy atom. The maximum absolute atomic E-state index is 13.4. The fourth-order valence-electron chi connectivity index (χ4n) is 5.17. The Hall–Kier alpha value is -3.25. The van der Waals surface area contributed by atoms with Crippen molar-refractivity contribution in [1.82, 2.24) is 24.2 Å². The van der Waals surface area contributed by atoms with Crippen LogP contribution in [0.25, 0.3) is 0 Å². The van der Waals surface area contributed by atoms with E-state index in [-0.39, 0.29) is 36.5 Å². The number of imidazole rings is 1. The molecule has 8 nitrogen and oxygen atoms in total. The van der Waals surface area contributed by atoms with Gasteiger partial charge in [-0.05, 0) is 36.1 Å². The van der Waals surface area contributed by atoms with E-state index in [1.165, 1.54) is 29.0 Å². The van der Waals surface area contributed by atoms with Crippen LogP contribution in [-0.4, -0.2) is 52.8 Å². The lowest BCUT2D eigenvalue weighted by atomic mass is 9.94. The van der Waals surface area contributed by atoms with Crippen LogP contribution in [0.15, 0.2) is 66.2 Å². The molecule has 3 aromatic rings. The zero-order valence-corrected chi connectivity index (χ0v) is 19.4. The molecule has 1 amide bonds. The lowest BCUT2D eigenvalue weighted by molar-refractivity contribution is -0.137. The number of rotatable bonds is 6. The molecule has 1 N–H and O–H groups in total. The van der Waals surface area contributed by atoms with Gasteiger partial charge in [0, 0.05) is 50.2 Å². The highest BCUT2D eigenvalue weighted by Crippen LogP contribution is 2.63. The molecule has 3 heterocycles. The number of hydrogen-bond acceptors (Lipinski definition) is 5. The number of piperidine rings is 1. The van der Waals surface area contributed by atoms with Crippen molar-refractivity contribution in [1.29, 1.82) is 0 Å². The average molecular weight is 506 g/mol. The largest absolute Gasteiger partial charge is 0.417 e. The van der Waals surface area contributed by atoms with E-state index in [0.717, 1.165) is 12.1 Å². The number of nitrogens with one attached hydrogen (secondary N) is 1. The molecule has 1 aromatic carbocycles. The smallest absolute Gasteiger partial charge is 0.351 e. The van der Waals surface area contributed by atoms with Gasteiger partial charge in [0.05, 0.1) is 17.5 Å². The van der Waals surface area contributed by atoms with Gasteiger partial charge in [-0.15, -0.1) is 0 Å². The average Bonchev–Trinajstić information content (AvgIpc) is 3.18. The Labute approximate surface area is 199 Å². The van der Waals surface area contributed by atoms with E-state index in [9.17, 15) is 26.4 Å². The van der Waals surface area contributed by atoms with E-state index >= 15 is 0 Å².